The molecule has 0 aliphatic carbocycles. The van der Waals surface area contributed by atoms with Gasteiger partial charge in [-0.1, -0.05) is 36.4 Å². The number of hydrogen-bond donors (Lipinski definition) is 2. The number of fused-ring (bicyclic) bond motifs is 1. The number of aromatic hydroxyl groups is 2. The summed E-state index contributed by atoms with van der Waals surface area (Å²) in [4.78, 5) is 12.0. The average molecular weight is 268 g/mol. The van der Waals surface area contributed by atoms with Crippen LogP contribution >= 0.6 is 0 Å². The highest BCUT2D eigenvalue weighted by atomic mass is 16.4. The Morgan fingerprint density at radius 2 is 1.70 bits per heavy atom. The molecule has 0 saturated heterocycles. The summed E-state index contributed by atoms with van der Waals surface area (Å²) in [6.07, 6.45) is 0.278. The summed E-state index contributed by atoms with van der Waals surface area (Å²) in [7, 11) is 0. The molecule has 0 aliphatic rings. The molecule has 0 spiro atoms. The average Bonchev–Trinajstić information content (AvgIpc) is 2.46. The van der Waals surface area contributed by atoms with Crippen molar-refractivity contribution < 1.29 is 14.6 Å². The highest BCUT2D eigenvalue weighted by Gasteiger charge is 2.16. The number of benzene rings is 2. The molecule has 0 bridgehead atoms. The second kappa shape index (κ2) is 4.74. The van der Waals surface area contributed by atoms with E-state index in [1.54, 1.807) is 12.1 Å². The maximum absolute atomic E-state index is 12.0. The minimum absolute atomic E-state index is 0.00631. The Morgan fingerprint density at radius 1 is 0.950 bits per heavy atom. The van der Waals surface area contributed by atoms with Gasteiger partial charge in [-0.3, -0.25) is 0 Å². The first kappa shape index (κ1) is 12.3. The topological polar surface area (TPSA) is 70.7 Å². The molecule has 0 amide bonds. The van der Waals surface area contributed by atoms with Crippen molar-refractivity contribution in [1.82, 2.24) is 0 Å². The molecule has 1 aromatic heterocycles. The van der Waals surface area contributed by atoms with E-state index in [4.69, 9.17) is 4.42 Å². The van der Waals surface area contributed by atoms with E-state index in [1.807, 2.05) is 30.3 Å². The molecular weight excluding hydrogens is 256 g/mol. The van der Waals surface area contributed by atoms with E-state index in [2.05, 4.69) is 0 Å². The van der Waals surface area contributed by atoms with Crippen LogP contribution in [0.4, 0.5) is 0 Å². The van der Waals surface area contributed by atoms with Crippen LogP contribution in [-0.4, -0.2) is 10.2 Å². The number of rotatable bonds is 2. The summed E-state index contributed by atoms with van der Waals surface area (Å²) in [5, 5.41) is 20.2. The zero-order valence-electron chi connectivity index (χ0n) is 10.5. The monoisotopic (exact) mass is 268 g/mol. The van der Waals surface area contributed by atoms with Crippen LogP contribution in [0.15, 0.2) is 57.7 Å². The van der Waals surface area contributed by atoms with Crippen LogP contribution in [-0.2, 0) is 6.42 Å². The molecule has 2 N–H and O–H groups in total. The van der Waals surface area contributed by atoms with Crippen molar-refractivity contribution in [2.75, 3.05) is 0 Å². The summed E-state index contributed by atoms with van der Waals surface area (Å²) >= 11 is 0. The number of phenols is 1. The van der Waals surface area contributed by atoms with E-state index in [1.165, 1.54) is 6.07 Å². The smallest absolute Gasteiger partial charge is 0.343 e. The zero-order valence-corrected chi connectivity index (χ0v) is 10.5. The van der Waals surface area contributed by atoms with Gasteiger partial charge in [0, 0.05) is 6.42 Å². The fourth-order valence-electron chi connectivity index (χ4n) is 2.19. The van der Waals surface area contributed by atoms with E-state index in [0.29, 0.717) is 5.39 Å². The zero-order chi connectivity index (χ0) is 14.1. The van der Waals surface area contributed by atoms with Crippen LogP contribution in [0.5, 0.6) is 11.5 Å². The molecule has 0 atom stereocenters. The highest BCUT2D eigenvalue weighted by molar-refractivity contribution is 5.88. The van der Waals surface area contributed by atoms with Crippen molar-refractivity contribution in [2.45, 2.75) is 6.42 Å². The van der Waals surface area contributed by atoms with Gasteiger partial charge in [-0.25, -0.2) is 4.79 Å². The van der Waals surface area contributed by atoms with Crippen LogP contribution in [0.25, 0.3) is 11.0 Å². The first-order chi connectivity index (χ1) is 9.66. The molecule has 0 unspecified atom stereocenters. The van der Waals surface area contributed by atoms with Gasteiger partial charge in [-0.2, -0.15) is 0 Å². The van der Waals surface area contributed by atoms with Gasteiger partial charge >= 0.3 is 5.63 Å². The lowest BCUT2D eigenvalue weighted by molar-refractivity contribution is 0.439. The van der Waals surface area contributed by atoms with Gasteiger partial charge < -0.3 is 14.6 Å². The minimum atomic E-state index is -0.639. The second-order valence-corrected chi connectivity index (χ2v) is 4.53. The Morgan fingerprint density at radius 3 is 2.45 bits per heavy atom. The summed E-state index contributed by atoms with van der Waals surface area (Å²) < 4.78 is 5.11. The van der Waals surface area contributed by atoms with Crippen LogP contribution < -0.4 is 5.63 Å². The van der Waals surface area contributed by atoms with Gasteiger partial charge in [0.1, 0.15) is 5.75 Å². The van der Waals surface area contributed by atoms with E-state index in [9.17, 15) is 15.0 Å². The van der Waals surface area contributed by atoms with Crippen LogP contribution in [0.2, 0.25) is 0 Å². The maximum atomic E-state index is 12.0. The number of para-hydroxylation sites is 1. The molecule has 20 heavy (non-hydrogen) atoms. The Hall–Kier alpha value is -2.75. The van der Waals surface area contributed by atoms with Crippen molar-refractivity contribution in [3.63, 3.8) is 0 Å². The van der Waals surface area contributed by atoms with Crippen molar-refractivity contribution in [3.8, 4) is 11.5 Å². The fourth-order valence-corrected chi connectivity index (χ4v) is 2.19. The van der Waals surface area contributed by atoms with E-state index >= 15 is 0 Å². The van der Waals surface area contributed by atoms with Gasteiger partial charge in [0.2, 0.25) is 0 Å². The summed E-state index contributed by atoms with van der Waals surface area (Å²) in [6, 6.07) is 13.9. The normalized spacial score (nSPS) is 10.8. The fraction of sp³-hybridized carbons (Fsp3) is 0.0625. The molecule has 100 valence electrons. The van der Waals surface area contributed by atoms with Gasteiger partial charge in [0.15, 0.2) is 11.3 Å². The minimum Gasteiger partial charge on any atom is -0.507 e. The van der Waals surface area contributed by atoms with E-state index in [-0.39, 0.29) is 29.1 Å². The first-order valence-electron chi connectivity index (χ1n) is 6.17. The molecule has 0 saturated carbocycles. The van der Waals surface area contributed by atoms with Gasteiger partial charge in [0.05, 0.1) is 10.9 Å². The predicted octanol–water partition coefficient (Wildman–Crippen LogP) is 2.80. The molecule has 2 aromatic carbocycles. The summed E-state index contributed by atoms with van der Waals surface area (Å²) in [6.45, 7) is 0. The molecule has 1 heterocycles. The molecule has 4 heteroatoms. The van der Waals surface area contributed by atoms with Gasteiger partial charge in [-0.15, -0.1) is 0 Å². The molecule has 3 rings (SSSR count). The van der Waals surface area contributed by atoms with Crippen LogP contribution in [0.1, 0.15) is 11.1 Å². The van der Waals surface area contributed by atoms with E-state index < -0.39 is 5.63 Å². The summed E-state index contributed by atoms with van der Waals surface area (Å²) in [5.41, 5.74) is 0.455. The van der Waals surface area contributed by atoms with Crippen LogP contribution in [0, 0.1) is 0 Å². The number of hydrogen-bond acceptors (Lipinski definition) is 4. The van der Waals surface area contributed by atoms with Crippen molar-refractivity contribution >= 4 is 11.0 Å². The lowest BCUT2D eigenvalue weighted by Gasteiger charge is -2.07. The SMILES string of the molecule is O=c1oc2c(O)cccc2c(O)c1Cc1ccccc1. The Balaban J connectivity index is 2.19. The second-order valence-electron chi connectivity index (χ2n) is 4.53. The highest BCUT2D eigenvalue weighted by Crippen LogP contribution is 2.32. The molecular formula is C16H12O4. The first-order valence-corrected chi connectivity index (χ1v) is 6.17. The van der Waals surface area contributed by atoms with Crippen molar-refractivity contribution in [1.29, 1.82) is 0 Å². The van der Waals surface area contributed by atoms with Crippen LogP contribution in [0.3, 0.4) is 0 Å². The molecule has 3 aromatic rings. The Kier molecular flexibility index (Phi) is 2.91. The molecule has 0 fully saturated rings. The lowest BCUT2D eigenvalue weighted by Crippen LogP contribution is -2.08. The summed E-state index contributed by atoms with van der Waals surface area (Å²) in [5.74, 6) is -0.308. The molecule has 4 nitrogen and oxygen atoms in total. The molecule has 0 aliphatic heterocycles. The quantitative estimate of drug-likeness (QED) is 0.701. The van der Waals surface area contributed by atoms with Gasteiger partial charge in [-0.05, 0) is 17.7 Å². The van der Waals surface area contributed by atoms with Gasteiger partial charge in [0.25, 0.3) is 0 Å². The van der Waals surface area contributed by atoms with Crippen molar-refractivity contribution in [2.24, 2.45) is 0 Å². The third-order valence-electron chi connectivity index (χ3n) is 3.20. The predicted molar refractivity (Wildman–Crippen MR) is 75.1 cm³/mol. The standard InChI is InChI=1S/C16H12O4/c17-13-8-4-7-11-14(18)12(16(19)20-15(11)13)9-10-5-2-1-3-6-10/h1-8,17-18H,9H2. The Bertz CT molecular complexity index is 819. The lowest BCUT2D eigenvalue weighted by atomic mass is 10.0. The maximum Gasteiger partial charge on any atom is 0.343 e. The third-order valence-corrected chi connectivity index (χ3v) is 3.20. The third kappa shape index (κ3) is 2.01. The van der Waals surface area contributed by atoms with Crippen molar-refractivity contribution in [3.05, 3.63) is 70.1 Å². The van der Waals surface area contributed by atoms with E-state index in [0.717, 1.165) is 5.56 Å². The Labute approximate surface area is 114 Å². The molecule has 0 radical (unpaired) electrons. The largest absolute Gasteiger partial charge is 0.507 e. The number of phenolic OH excluding ortho intramolecular Hbond substituents is 1.